The summed E-state index contributed by atoms with van der Waals surface area (Å²) in [4.78, 5) is 7.71. The van der Waals surface area contributed by atoms with E-state index in [-0.39, 0.29) is 29.6 Å². The minimum atomic E-state index is -4.58. The number of fused-ring (bicyclic) bond motifs is 1. The van der Waals surface area contributed by atoms with Crippen molar-refractivity contribution in [1.82, 2.24) is 14.7 Å². The van der Waals surface area contributed by atoms with Crippen LogP contribution in [0.2, 0.25) is 0 Å². The Balaban J connectivity index is 1.46. The molecule has 1 aliphatic carbocycles. The van der Waals surface area contributed by atoms with Crippen molar-refractivity contribution < 1.29 is 31.1 Å². The standard InChI is InChI=1S/C18H18F3N3O4S/c19-18(20,21)16-10-13(11-1-2-11)23-17(24-16)5-6-22-29(25,26)12-3-4-14-15(9-12)28-8-7-27-14/h3-4,9-11,22H,1-2,5-8H2. The van der Waals surface area contributed by atoms with Gasteiger partial charge >= 0.3 is 6.18 Å². The third-order valence-electron chi connectivity index (χ3n) is 4.54. The van der Waals surface area contributed by atoms with E-state index < -0.39 is 21.9 Å². The van der Waals surface area contributed by atoms with E-state index in [0.29, 0.717) is 30.4 Å². The zero-order chi connectivity index (χ0) is 20.6. The summed E-state index contributed by atoms with van der Waals surface area (Å²) in [7, 11) is -3.88. The molecule has 1 aliphatic heterocycles. The van der Waals surface area contributed by atoms with Crippen LogP contribution in [0, 0.1) is 0 Å². The Morgan fingerprint density at radius 1 is 1.07 bits per heavy atom. The van der Waals surface area contributed by atoms with Gasteiger partial charge in [-0.1, -0.05) is 0 Å². The number of aromatic nitrogens is 2. The summed E-state index contributed by atoms with van der Waals surface area (Å²) in [6, 6.07) is 5.20. The first-order chi connectivity index (χ1) is 13.7. The third kappa shape index (κ3) is 4.61. The van der Waals surface area contributed by atoms with Crippen LogP contribution >= 0.6 is 0 Å². The van der Waals surface area contributed by atoms with Gasteiger partial charge in [0.2, 0.25) is 10.0 Å². The smallest absolute Gasteiger partial charge is 0.433 e. The zero-order valence-electron chi connectivity index (χ0n) is 15.2. The predicted molar refractivity (Wildman–Crippen MR) is 95.3 cm³/mol. The van der Waals surface area contributed by atoms with Gasteiger partial charge in [0.05, 0.1) is 4.90 Å². The van der Waals surface area contributed by atoms with Crippen LogP contribution in [0.1, 0.15) is 36.0 Å². The highest BCUT2D eigenvalue weighted by Gasteiger charge is 2.36. The Hall–Kier alpha value is -2.40. The number of nitrogens with one attached hydrogen (secondary N) is 1. The van der Waals surface area contributed by atoms with Crippen LogP contribution < -0.4 is 14.2 Å². The molecule has 2 aliphatic rings. The SMILES string of the molecule is O=S(=O)(NCCc1nc(C2CC2)cc(C(F)(F)F)n1)c1ccc2c(c1)OCCO2. The molecule has 7 nitrogen and oxygen atoms in total. The highest BCUT2D eigenvalue weighted by atomic mass is 32.2. The maximum atomic E-state index is 13.1. The van der Waals surface area contributed by atoms with Crippen molar-refractivity contribution in [3.05, 3.63) is 41.5 Å². The monoisotopic (exact) mass is 429 g/mol. The predicted octanol–water partition coefficient (Wildman–Crippen LogP) is 2.67. The second-order valence-electron chi connectivity index (χ2n) is 6.82. The van der Waals surface area contributed by atoms with Gasteiger partial charge in [-0.15, -0.1) is 0 Å². The van der Waals surface area contributed by atoms with Gasteiger partial charge in [0.1, 0.15) is 24.7 Å². The van der Waals surface area contributed by atoms with E-state index in [9.17, 15) is 21.6 Å². The molecule has 0 saturated heterocycles. The number of alkyl halides is 3. The van der Waals surface area contributed by atoms with E-state index in [1.165, 1.54) is 18.2 Å². The first-order valence-corrected chi connectivity index (χ1v) is 10.5. The van der Waals surface area contributed by atoms with Crippen molar-refractivity contribution in [1.29, 1.82) is 0 Å². The fraction of sp³-hybridized carbons (Fsp3) is 0.444. The first kappa shape index (κ1) is 19.9. The van der Waals surface area contributed by atoms with Crippen LogP contribution in [0.3, 0.4) is 0 Å². The second-order valence-corrected chi connectivity index (χ2v) is 8.59. The number of rotatable bonds is 6. The lowest BCUT2D eigenvalue weighted by Gasteiger charge is -2.18. The highest BCUT2D eigenvalue weighted by Crippen LogP contribution is 2.40. The molecule has 1 saturated carbocycles. The van der Waals surface area contributed by atoms with E-state index in [2.05, 4.69) is 14.7 Å². The van der Waals surface area contributed by atoms with Crippen molar-refractivity contribution >= 4 is 10.0 Å². The molecule has 4 rings (SSSR count). The van der Waals surface area contributed by atoms with Gasteiger partial charge in [-0.2, -0.15) is 13.2 Å². The first-order valence-electron chi connectivity index (χ1n) is 9.07. The summed E-state index contributed by atoms with van der Waals surface area (Å²) >= 11 is 0. The number of sulfonamides is 1. The molecule has 1 N–H and O–H groups in total. The second kappa shape index (κ2) is 7.45. The lowest BCUT2D eigenvalue weighted by atomic mass is 10.2. The fourth-order valence-corrected chi connectivity index (χ4v) is 3.98. The summed E-state index contributed by atoms with van der Waals surface area (Å²) in [5.41, 5.74) is -0.642. The molecule has 0 unspecified atom stereocenters. The molecule has 0 atom stereocenters. The molecule has 2 heterocycles. The van der Waals surface area contributed by atoms with E-state index in [4.69, 9.17) is 9.47 Å². The number of halogens is 3. The van der Waals surface area contributed by atoms with Crippen LogP contribution in [0.5, 0.6) is 11.5 Å². The summed E-state index contributed by atoms with van der Waals surface area (Å²) in [5.74, 6) is 0.772. The lowest BCUT2D eigenvalue weighted by molar-refractivity contribution is -0.141. The quantitative estimate of drug-likeness (QED) is 0.759. The third-order valence-corrected chi connectivity index (χ3v) is 6.00. The van der Waals surface area contributed by atoms with Crippen molar-refractivity contribution in [2.45, 2.75) is 36.3 Å². The van der Waals surface area contributed by atoms with Gasteiger partial charge in [0.25, 0.3) is 0 Å². The van der Waals surface area contributed by atoms with Crippen molar-refractivity contribution in [3.63, 3.8) is 0 Å². The Kier molecular flexibility index (Phi) is 5.11. The molecule has 1 aromatic heterocycles. The molecule has 1 fully saturated rings. The Labute approximate surface area is 165 Å². The molecule has 1 aromatic carbocycles. The molecule has 0 bridgehead atoms. The van der Waals surface area contributed by atoms with Gasteiger partial charge < -0.3 is 9.47 Å². The summed E-state index contributed by atoms with van der Waals surface area (Å²) in [5, 5.41) is 0. The normalized spacial score (nSPS) is 16.7. The Morgan fingerprint density at radius 3 is 2.48 bits per heavy atom. The van der Waals surface area contributed by atoms with Crippen LogP contribution in [-0.4, -0.2) is 38.1 Å². The van der Waals surface area contributed by atoms with Crippen molar-refractivity contribution in [3.8, 4) is 11.5 Å². The van der Waals surface area contributed by atoms with Gasteiger partial charge in [-0.3, -0.25) is 0 Å². The molecule has 0 radical (unpaired) electrons. The molecule has 0 spiro atoms. The van der Waals surface area contributed by atoms with Gasteiger partial charge in [-0.05, 0) is 31.0 Å². The molecular formula is C18H18F3N3O4S. The highest BCUT2D eigenvalue weighted by molar-refractivity contribution is 7.89. The maximum Gasteiger partial charge on any atom is 0.433 e. The molecular weight excluding hydrogens is 411 g/mol. The van der Waals surface area contributed by atoms with Gasteiger partial charge in [-0.25, -0.2) is 23.1 Å². The van der Waals surface area contributed by atoms with Crippen LogP contribution in [-0.2, 0) is 22.6 Å². The average molecular weight is 429 g/mol. The van der Waals surface area contributed by atoms with Gasteiger partial charge in [0, 0.05) is 30.6 Å². The average Bonchev–Trinajstić information content (AvgIpc) is 3.52. The number of benzene rings is 1. The molecule has 2 aromatic rings. The molecule has 29 heavy (non-hydrogen) atoms. The number of ether oxygens (including phenoxy) is 2. The summed E-state index contributed by atoms with van der Waals surface area (Å²) in [6.45, 7) is 0.569. The maximum absolute atomic E-state index is 13.1. The van der Waals surface area contributed by atoms with Crippen LogP contribution in [0.25, 0.3) is 0 Å². The topological polar surface area (TPSA) is 90.4 Å². The number of hydrogen-bond acceptors (Lipinski definition) is 6. The van der Waals surface area contributed by atoms with E-state index in [1.807, 2.05) is 0 Å². The molecule has 156 valence electrons. The Bertz CT molecular complexity index is 1020. The van der Waals surface area contributed by atoms with E-state index in [0.717, 1.165) is 18.9 Å². The summed E-state index contributed by atoms with van der Waals surface area (Å²) in [6.07, 6.45) is -3.05. The minimum Gasteiger partial charge on any atom is -0.486 e. The van der Waals surface area contributed by atoms with Crippen molar-refractivity contribution in [2.75, 3.05) is 19.8 Å². The van der Waals surface area contributed by atoms with Crippen molar-refractivity contribution in [2.24, 2.45) is 0 Å². The number of hydrogen-bond donors (Lipinski definition) is 1. The lowest BCUT2D eigenvalue weighted by Crippen LogP contribution is -2.27. The molecule has 0 amide bonds. The van der Waals surface area contributed by atoms with Crippen LogP contribution in [0.15, 0.2) is 29.2 Å². The fourth-order valence-electron chi connectivity index (χ4n) is 2.93. The van der Waals surface area contributed by atoms with E-state index in [1.54, 1.807) is 0 Å². The van der Waals surface area contributed by atoms with Crippen LogP contribution in [0.4, 0.5) is 13.2 Å². The van der Waals surface area contributed by atoms with Gasteiger partial charge in [0.15, 0.2) is 11.5 Å². The minimum absolute atomic E-state index is 0.0206. The zero-order valence-corrected chi connectivity index (χ0v) is 16.0. The largest absolute Gasteiger partial charge is 0.486 e. The molecule has 11 heteroatoms. The van der Waals surface area contributed by atoms with E-state index >= 15 is 0 Å². The summed E-state index contributed by atoms with van der Waals surface area (Å²) < 4.78 is 77.3. The number of nitrogens with zero attached hydrogens (tertiary/aromatic N) is 2. The Morgan fingerprint density at radius 2 is 1.79 bits per heavy atom.